The van der Waals surface area contributed by atoms with Crippen molar-refractivity contribution in [3.63, 3.8) is 0 Å². The van der Waals surface area contributed by atoms with Crippen LogP contribution in [0, 0.1) is 0 Å². The van der Waals surface area contributed by atoms with Crippen molar-refractivity contribution in [1.29, 1.82) is 0 Å². The number of carbonyl (C=O) groups is 1. The molecule has 1 atom stereocenters. The first-order chi connectivity index (χ1) is 9.21. The summed E-state index contributed by atoms with van der Waals surface area (Å²) in [5.41, 5.74) is 1.64. The highest BCUT2D eigenvalue weighted by molar-refractivity contribution is 5.94. The van der Waals surface area contributed by atoms with Gasteiger partial charge in [0.1, 0.15) is 0 Å². The SMILES string of the molecule is C=CCNC(=O)c1ccc(NC(CC)COC)cc1. The fourth-order valence-electron chi connectivity index (χ4n) is 1.68. The van der Waals surface area contributed by atoms with Crippen LogP contribution in [0.5, 0.6) is 0 Å². The lowest BCUT2D eigenvalue weighted by atomic mass is 10.1. The van der Waals surface area contributed by atoms with Gasteiger partial charge in [-0.15, -0.1) is 6.58 Å². The van der Waals surface area contributed by atoms with Crippen LogP contribution < -0.4 is 10.6 Å². The molecular formula is C15H22N2O2. The highest BCUT2D eigenvalue weighted by Gasteiger charge is 2.07. The van der Waals surface area contributed by atoms with Gasteiger partial charge in [-0.25, -0.2) is 0 Å². The molecule has 0 radical (unpaired) electrons. The predicted octanol–water partition coefficient (Wildman–Crippen LogP) is 2.44. The molecule has 1 amide bonds. The van der Waals surface area contributed by atoms with Crippen LogP contribution in [-0.4, -0.2) is 32.2 Å². The van der Waals surface area contributed by atoms with Crippen LogP contribution in [0.3, 0.4) is 0 Å². The van der Waals surface area contributed by atoms with Gasteiger partial charge in [0.05, 0.1) is 6.61 Å². The summed E-state index contributed by atoms with van der Waals surface area (Å²) in [5.74, 6) is -0.0876. The van der Waals surface area contributed by atoms with Gasteiger partial charge in [-0.05, 0) is 30.7 Å². The second-order valence-corrected chi connectivity index (χ2v) is 4.28. The summed E-state index contributed by atoms with van der Waals surface area (Å²) >= 11 is 0. The van der Waals surface area contributed by atoms with Crippen LogP contribution in [0.4, 0.5) is 5.69 Å². The van der Waals surface area contributed by atoms with Crippen molar-refractivity contribution in [3.05, 3.63) is 42.5 Å². The van der Waals surface area contributed by atoms with E-state index in [0.29, 0.717) is 18.7 Å². The molecular weight excluding hydrogens is 240 g/mol. The van der Waals surface area contributed by atoms with E-state index in [1.807, 2.05) is 12.1 Å². The number of ether oxygens (including phenoxy) is 1. The number of hydrogen-bond donors (Lipinski definition) is 2. The highest BCUT2D eigenvalue weighted by Crippen LogP contribution is 2.12. The Bertz CT molecular complexity index is 401. The molecule has 19 heavy (non-hydrogen) atoms. The molecule has 104 valence electrons. The van der Waals surface area contributed by atoms with Crippen molar-refractivity contribution < 1.29 is 9.53 Å². The Morgan fingerprint density at radius 3 is 2.63 bits per heavy atom. The van der Waals surface area contributed by atoms with Gasteiger partial charge in [-0.3, -0.25) is 4.79 Å². The number of carbonyl (C=O) groups excluding carboxylic acids is 1. The number of hydrogen-bond acceptors (Lipinski definition) is 3. The minimum absolute atomic E-state index is 0.0876. The van der Waals surface area contributed by atoms with Crippen LogP contribution >= 0.6 is 0 Å². The molecule has 1 unspecified atom stereocenters. The molecule has 0 aliphatic rings. The van der Waals surface area contributed by atoms with Crippen LogP contribution in [-0.2, 0) is 4.74 Å². The third kappa shape index (κ3) is 5.14. The number of nitrogens with one attached hydrogen (secondary N) is 2. The molecule has 0 heterocycles. The average molecular weight is 262 g/mol. The monoisotopic (exact) mass is 262 g/mol. The van der Waals surface area contributed by atoms with E-state index in [1.165, 1.54) is 0 Å². The van der Waals surface area contributed by atoms with Gasteiger partial charge in [-0.1, -0.05) is 13.0 Å². The lowest BCUT2D eigenvalue weighted by Crippen LogP contribution is -2.24. The Kier molecular flexibility index (Phi) is 6.68. The summed E-state index contributed by atoms with van der Waals surface area (Å²) in [7, 11) is 1.69. The molecule has 4 nitrogen and oxygen atoms in total. The topological polar surface area (TPSA) is 50.4 Å². The normalized spacial score (nSPS) is 11.7. The molecule has 0 bridgehead atoms. The first-order valence-electron chi connectivity index (χ1n) is 6.45. The minimum atomic E-state index is -0.0876. The Balaban J connectivity index is 2.60. The molecule has 4 heteroatoms. The van der Waals surface area contributed by atoms with Crippen molar-refractivity contribution in [1.82, 2.24) is 5.32 Å². The zero-order valence-electron chi connectivity index (χ0n) is 11.6. The molecule has 2 N–H and O–H groups in total. The van der Waals surface area contributed by atoms with Gasteiger partial charge in [0.15, 0.2) is 0 Å². The highest BCUT2D eigenvalue weighted by atomic mass is 16.5. The van der Waals surface area contributed by atoms with Crippen molar-refractivity contribution in [2.75, 3.05) is 25.6 Å². The maximum atomic E-state index is 11.7. The van der Waals surface area contributed by atoms with E-state index in [2.05, 4.69) is 24.1 Å². The van der Waals surface area contributed by atoms with Gasteiger partial charge < -0.3 is 15.4 Å². The van der Waals surface area contributed by atoms with E-state index in [-0.39, 0.29) is 11.9 Å². The van der Waals surface area contributed by atoms with E-state index < -0.39 is 0 Å². The summed E-state index contributed by atoms with van der Waals surface area (Å²) in [4.78, 5) is 11.7. The second kappa shape index (κ2) is 8.32. The number of rotatable bonds is 8. The number of anilines is 1. The quantitative estimate of drug-likeness (QED) is 0.707. The Labute approximate surface area is 114 Å². The van der Waals surface area contributed by atoms with Gasteiger partial charge in [0, 0.05) is 30.9 Å². The van der Waals surface area contributed by atoms with Crippen LogP contribution in [0.1, 0.15) is 23.7 Å². The van der Waals surface area contributed by atoms with Gasteiger partial charge in [0.25, 0.3) is 5.91 Å². The van der Waals surface area contributed by atoms with E-state index in [1.54, 1.807) is 25.3 Å². The number of benzene rings is 1. The average Bonchev–Trinajstić information content (AvgIpc) is 2.45. The van der Waals surface area contributed by atoms with Gasteiger partial charge in [0.2, 0.25) is 0 Å². The predicted molar refractivity (Wildman–Crippen MR) is 78.5 cm³/mol. The lowest BCUT2D eigenvalue weighted by molar-refractivity contribution is 0.0958. The van der Waals surface area contributed by atoms with E-state index in [4.69, 9.17) is 4.74 Å². The Morgan fingerprint density at radius 1 is 1.42 bits per heavy atom. The maximum absolute atomic E-state index is 11.7. The van der Waals surface area contributed by atoms with E-state index in [0.717, 1.165) is 12.1 Å². The van der Waals surface area contributed by atoms with Crippen molar-refractivity contribution in [2.45, 2.75) is 19.4 Å². The first kappa shape index (κ1) is 15.2. The first-order valence-corrected chi connectivity index (χ1v) is 6.45. The summed E-state index contributed by atoms with van der Waals surface area (Å²) < 4.78 is 5.14. The van der Waals surface area contributed by atoms with Crippen LogP contribution in [0.15, 0.2) is 36.9 Å². The Morgan fingerprint density at radius 2 is 2.11 bits per heavy atom. The number of methoxy groups -OCH3 is 1. The fraction of sp³-hybridized carbons (Fsp3) is 0.400. The van der Waals surface area contributed by atoms with Gasteiger partial charge in [-0.2, -0.15) is 0 Å². The smallest absolute Gasteiger partial charge is 0.251 e. The van der Waals surface area contributed by atoms with Crippen molar-refractivity contribution >= 4 is 11.6 Å². The molecule has 0 saturated carbocycles. The third-order valence-corrected chi connectivity index (χ3v) is 2.79. The molecule has 1 rings (SSSR count). The zero-order chi connectivity index (χ0) is 14.1. The Hall–Kier alpha value is -1.81. The maximum Gasteiger partial charge on any atom is 0.251 e. The van der Waals surface area contributed by atoms with Crippen molar-refractivity contribution in [2.24, 2.45) is 0 Å². The standard InChI is InChI=1S/C15H22N2O2/c1-4-10-16-15(18)12-6-8-14(9-7-12)17-13(5-2)11-19-3/h4,6-9,13,17H,1,5,10-11H2,2-3H3,(H,16,18). The van der Waals surface area contributed by atoms with E-state index >= 15 is 0 Å². The molecule has 1 aromatic carbocycles. The van der Waals surface area contributed by atoms with Crippen LogP contribution in [0.25, 0.3) is 0 Å². The fourth-order valence-corrected chi connectivity index (χ4v) is 1.68. The minimum Gasteiger partial charge on any atom is -0.383 e. The molecule has 0 aromatic heterocycles. The third-order valence-electron chi connectivity index (χ3n) is 2.79. The second-order valence-electron chi connectivity index (χ2n) is 4.28. The molecule has 0 aliphatic heterocycles. The molecule has 1 aromatic rings. The summed E-state index contributed by atoms with van der Waals surface area (Å²) in [6, 6.07) is 7.70. The van der Waals surface area contributed by atoms with Gasteiger partial charge >= 0.3 is 0 Å². The van der Waals surface area contributed by atoms with Crippen LogP contribution in [0.2, 0.25) is 0 Å². The van der Waals surface area contributed by atoms with Crippen molar-refractivity contribution in [3.8, 4) is 0 Å². The zero-order valence-corrected chi connectivity index (χ0v) is 11.6. The summed E-state index contributed by atoms with van der Waals surface area (Å²) in [5, 5.41) is 6.11. The lowest BCUT2D eigenvalue weighted by Gasteiger charge is -2.17. The molecule has 0 spiro atoms. The molecule has 0 fully saturated rings. The number of amides is 1. The van der Waals surface area contributed by atoms with E-state index in [9.17, 15) is 4.79 Å². The summed E-state index contributed by atoms with van der Waals surface area (Å²) in [6.45, 7) is 6.81. The molecule has 0 aliphatic carbocycles. The summed E-state index contributed by atoms with van der Waals surface area (Å²) in [6.07, 6.45) is 2.64. The largest absolute Gasteiger partial charge is 0.383 e. The molecule has 0 saturated heterocycles.